The topological polar surface area (TPSA) is 134 Å². The number of rotatable bonds is 24. The molecule has 0 N–H and O–H groups in total. The molecular weight excluding hydrogens is 604 g/mol. The fourth-order valence-corrected chi connectivity index (χ4v) is 6.25. The van der Waals surface area contributed by atoms with E-state index < -0.39 is 23.1 Å². The van der Waals surface area contributed by atoms with Crippen molar-refractivity contribution in [2.24, 2.45) is 0 Å². The smallest absolute Gasteiger partial charge is 0.329 e. The van der Waals surface area contributed by atoms with E-state index in [0.717, 1.165) is 89.9 Å². The number of amides is 6. The Hall–Kier alpha value is -3.18. The Labute approximate surface area is 281 Å². The second-order valence-electron chi connectivity index (χ2n) is 13.9. The summed E-state index contributed by atoms with van der Waals surface area (Å²) < 4.78 is 9.32. The second-order valence-corrected chi connectivity index (χ2v) is 13.9. The summed E-state index contributed by atoms with van der Waals surface area (Å²) in [5.41, 5.74) is -2.26. The predicted octanol–water partition coefficient (Wildman–Crippen LogP) is 6.40. The molecule has 0 aromatic carbocycles. The van der Waals surface area contributed by atoms with Crippen LogP contribution in [-0.4, -0.2) is 100 Å². The lowest BCUT2D eigenvalue weighted by Crippen LogP contribution is -2.55. The van der Waals surface area contributed by atoms with Crippen LogP contribution < -0.4 is 0 Å². The molecule has 12 nitrogen and oxygen atoms in total. The number of methoxy groups -OCH3 is 2. The summed E-state index contributed by atoms with van der Waals surface area (Å²) in [5.74, 6) is -0.909. The van der Waals surface area contributed by atoms with Crippen LogP contribution in [0.25, 0.3) is 0 Å². The summed E-state index contributed by atoms with van der Waals surface area (Å²) in [5, 5.41) is 0. The molecule has 12 heteroatoms. The maximum Gasteiger partial charge on any atom is 0.329 e. The number of nitrogens with zero attached hydrogens (tertiary/aromatic N) is 4. The van der Waals surface area contributed by atoms with Gasteiger partial charge in [-0.15, -0.1) is 0 Å². The molecule has 2 heterocycles. The number of imide groups is 2. The number of carbonyl (C=O) groups excluding carboxylic acids is 6. The van der Waals surface area contributed by atoms with E-state index in [1.165, 1.54) is 33.8 Å². The molecule has 268 valence electrons. The number of urea groups is 2. The van der Waals surface area contributed by atoms with E-state index in [-0.39, 0.29) is 30.4 Å². The molecule has 2 saturated heterocycles. The lowest BCUT2D eigenvalue weighted by atomic mass is 10.0. The first-order valence-corrected chi connectivity index (χ1v) is 17.7. The van der Waals surface area contributed by atoms with Gasteiger partial charge in [-0.3, -0.25) is 38.8 Å². The number of hydrogen-bond acceptors (Lipinski definition) is 8. The molecule has 0 aliphatic carbocycles. The Balaban J connectivity index is 1.76. The average molecular weight is 665 g/mol. The van der Waals surface area contributed by atoms with E-state index in [2.05, 4.69) is 9.47 Å². The predicted molar refractivity (Wildman–Crippen MR) is 178 cm³/mol. The van der Waals surface area contributed by atoms with Gasteiger partial charge in [-0.25, -0.2) is 9.59 Å². The fourth-order valence-electron chi connectivity index (χ4n) is 6.25. The molecule has 0 saturated carbocycles. The van der Waals surface area contributed by atoms with Crippen LogP contribution in [0, 0.1) is 0 Å². The minimum absolute atomic E-state index is 0.131. The summed E-state index contributed by atoms with van der Waals surface area (Å²) in [4.78, 5) is 81.3. The summed E-state index contributed by atoms with van der Waals surface area (Å²) >= 11 is 0. The van der Waals surface area contributed by atoms with Gasteiger partial charge in [0, 0.05) is 25.9 Å². The van der Waals surface area contributed by atoms with Crippen molar-refractivity contribution in [2.45, 2.75) is 154 Å². The molecule has 2 fully saturated rings. The number of hydrogen-bond donors (Lipinski definition) is 0. The van der Waals surface area contributed by atoms with E-state index in [4.69, 9.17) is 0 Å². The summed E-state index contributed by atoms with van der Waals surface area (Å²) in [6, 6.07) is -0.851. The summed E-state index contributed by atoms with van der Waals surface area (Å²) in [7, 11) is 2.81. The van der Waals surface area contributed by atoms with Crippen LogP contribution in [0.15, 0.2) is 0 Å². The highest BCUT2D eigenvalue weighted by atomic mass is 16.5. The zero-order chi connectivity index (χ0) is 35.0. The van der Waals surface area contributed by atoms with Crippen molar-refractivity contribution in [3.63, 3.8) is 0 Å². The monoisotopic (exact) mass is 664 g/mol. The molecule has 0 unspecified atom stereocenters. The van der Waals surface area contributed by atoms with Crippen LogP contribution in [0.5, 0.6) is 0 Å². The van der Waals surface area contributed by atoms with Gasteiger partial charge in [-0.1, -0.05) is 77.0 Å². The van der Waals surface area contributed by atoms with Gasteiger partial charge in [0.15, 0.2) is 0 Å². The third kappa shape index (κ3) is 11.5. The van der Waals surface area contributed by atoms with Gasteiger partial charge in [0.05, 0.1) is 14.2 Å². The van der Waals surface area contributed by atoms with Gasteiger partial charge in [-0.2, -0.15) is 0 Å². The number of unbranched alkanes of at least 4 members (excludes halogenated alkanes) is 14. The molecule has 2 aliphatic rings. The molecule has 0 aromatic rings. The maximum atomic E-state index is 13.5. The molecule has 2 rings (SSSR count). The van der Waals surface area contributed by atoms with Gasteiger partial charge in [0.2, 0.25) is 0 Å². The van der Waals surface area contributed by atoms with Gasteiger partial charge >= 0.3 is 24.0 Å². The van der Waals surface area contributed by atoms with Crippen LogP contribution >= 0.6 is 0 Å². The Morgan fingerprint density at radius 3 is 1.06 bits per heavy atom. The molecule has 0 spiro atoms. The third-order valence-corrected chi connectivity index (χ3v) is 9.57. The third-order valence-electron chi connectivity index (χ3n) is 9.57. The fraction of sp³-hybridized carbons (Fsp3) is 0.829. The van der Waals surface area contributed by atoms with Crippen LogP contribution in [0.3, 0.4) is 0 Å². The van der Waals surface area contributed by atoms with Crippen molar-refractivity contribution < 1.29 is 38.2 Å². The Bertz CT molecular complexity index is 994. The van der Waals surface area contributed by atoms with Crippen molar-refractivity contribution in [2.75, 3.05) is 34.0 Å². The molecular formula is C35H60N4O8. The van der Waals surface area contributed by atoms with Crippen molar-refractivity contribution in [1.82, 2.24) is 19.6 Å². The van der Waals surface area contributed by atoms with E-state index >= 15 is 0 Å². The largest absolute Gasteiger partial charge is 0.469 e. The first kappa shape index (κ1) is 40.0. The molecule has 0 aromatic heterocycles. The van der Waals surface area contributed by atoms with Crippen LogP contribution in [-0.2, 0) is 28.7 Å². The molecule has 6 amide bonds. The summed E-state index contributed by atoms with van der Waals surface area (Å²) in [6.07, 6.45) is 16.3. The minimum Gasteiger partial charge on any atom is -0.469 e. The highest BCUT2D eigenvalue weighted by Gasteiger charge is 2.56. The minimum atomic E-state index is -1.13. The van der Waals surface area contributed by atoms with E-state index in [1.807, 2.05) is 0 Å². The quantitative estimate of drug-likeness (QED) is 0.0658. The highest BCUT2D eigenvalue weighted by Crippen LogP contribution is 2.33. The second kappa shape index (κ2) is 19.6. The van der Waals surface area contributed by atoms with E-state index in [0.29, 0.717) is 38.8 Å². The zero-order valence-electron chi connectivity index (χ0n) is 29.9. The van der Waals surface area contributed by atoms with Gasteiger partial charge in [-0.05, 0) is 53.4 Å². The maximum absolute atomic E-state index is 13.5. The van der Waals surface area contributed by atoms with E-state index in [1.54, 1.807) is 27.7 Å². The molecule has 0 bridgehead atoms. The molecule has 0 radical (unpaired) electrons. The molecule has 0 atom stereocenters. The average Bonchev–Trinajstić information content (AvgIpc) is 3.30. The summed E-state index contributed by atoms with van der Waals surface area (Å²) in [6.45, 7) is 7.30. The standard InChI is InChI=1S/C35H60N4O8/c1-34(2)30(42)36(25-21-17-13-9-7-11-15-19-23-28(40)46-5)32(44)38(34)27-39-33(45)37(31(43)35(39,3)4)26-22-18-14-10-8-12-16-20-24-29(41)47-6/h7-27H2,1-6H3. The first-order valence-electron chi connectivity index (χ1n) is 17.7. The SMILES string of the molecule is COC(=O)CCCCCCCCCCN1C(=O)N(CN2C(=O)N(CCCCCCCCCCC(=O)OC)C(=O)C2(C)C)C(C)(C)C1=O. The van der Waals surface area contributed by atoms with Crippen LogP contribution in [0.2, 0.25) is 0 Å². The van der Waals surface area contributed by atoms with Crippen molar-refractivity contribution >= 4 is 35.8 Å². The highest BCUT2D eigenvalue weighted by molar-refractivity contribution is 6.08. The van der Waals surface area contributed by atoms with Gasteiger partial charge in [0.25, 0.3) is 11.8 Å². The number of ether oxygens (including phenoxy) is 2. The van der Waals surface area contributed by atoms with Crippen molar-refractivity contribution in [3.8, 4) is 0 Å². The lowest BCUT2D eigenvalue weighted by Gasteiger charge is -2.36. The van der Waals surface area contributed by atoms with Gasteiger partial charge < -0.3 is 9.47 Å². The van der Waals surface area contributed by atoms with Crippen LogP contribution in [0.1, 0.15) is 143 Å². The Morgan fingerprint density at radius 1 is 0.489 bits per heavy atom. The number of esters is 2. The Morgan fingerprint density at radius 2 is 0.766 bits per heavy atom. The zero-order valence-corrected chi connectivity index (χ0v) is 29.9. The van der Waals surface area contributed by atoms with Gasteiger partial charge in [0.1, 0.15) is 17.7 Å². The lowest BCUT2D eigenvalue weighted by molar-refractivity contribution is -0.141. The van der Waals surface area contributed by atoms with Crippen LogP contribution in [0.4, 0.5) is 9.59 Å². The van der Waals surface area contributed by atoms with Crippen molar-refractivity contribution in [1.29, 1.82) is 0 Å². The van der Waals surface area contributed by atoms with E-state index in [9.17, 15) is 28.8 Å². The molecule has 2 aliphatic heterocycles. The molecule has 47 heavy (non-hydrogen) atoms. The normalized spacial score (nSPS) is 17.3. The Kier molecular flexibility index (Phi) is 16.7. The first-order chi connectivity index (χ1) is 22.3. The van der Waals surface area contributed by atoms with Crippen molar-refractivity contribution in [3.05, 3.63) is 0 Å². The number of carbonyl (C=O) groups is 6.